The highest BCUT2D eigenvalue weighted by Crippen LogP contribution is 2.26. The Morgan fingerprint density at radius 2 is 2.21 bits per heavy atom. The predicted octanol–water partition coefficient (Wildman–Crippen LogP) is 1.65. The molecule has 0 unspecified atom stereocenters. The van der Waals surface area contributed by atoms with Crippen molar-refractivity contribution in [2.24, 2.45) is 0 Å². The summed E-state index contributed by atoms with van der Waals surface area (Å²) in [4.78, 5) is 12.9. The molecule has 0 spiro atoms. The number of aromatic amines is 1. The molecule has 14 heavy (non-hydrogen) atoms. The molecule has 4 heteroatoms. The number of rotatable bonds is 1. The summed E-state index contributed by atoms with van der Waals surface area (Å²) in [5, 5.41) is 9.33. The Morgan fingerprint density at radius 3 is 2.79 bits per heavy atom. The van der Waals surface area contributed by atoms with Crippen LogP contribution >= 0.6 is 0 Å². The highest BCUT2D eigenvalue weighted by molar-refractivity contribution is 5.62. The summed E-state index contributed by atoms with van der Waals surface area (Å²) in [6, 6.07) is 7.34. The first-order valence-corrected chi connectivity index (χ1v) is 4.16. The van der Waals surface area contributed by atoms with E-state index in [0.717, 1.165) is 5.56 Å². The van der Waals surface area contributed by atoms with E-state index in [1.807, 2.05) is 25.1 Å². The van der Waals surface area contributed by atoms with Gasteiger partial charge in [0, 0.05) is 5.56 Å². The van der Waals surface area contributed by atoms with E-state index < -0.39 is 5.76 Å². The summed E-state index contributed by atoms with van der Waals surface area (Å²) >= 11 is 0. The molecule has 72 valence electrons. The van der Waals surface area contributed by atoms with Crippen LogP contribution in [0.1, 0.15) is 5.56 Å². The molecule has 2 rings (SSSR count). The van der Waals surface area contributed by atoms with E-state index in [4.69, 9.17) is 4.42 Å². The second-order valence-electron chi connectivity index (χ2n) is 3.06. The van der Waals surface area contributed by atoms with Crippen LogP contribution in [-0.2, 0) is 0 Å². The summed E-state index contributed by atoms with van der Waals surface area (Å²) in [6.07, 6.45) is 0. The van der Waals surface area contributed by atoms with Gasteiger partial charge in [0.1, 0.15) is 0 Å². The third-order valence-electron chi connectivity index (χ3n) is 1.91. The molecule has 0 bridgehead atoms. The summed E-state index contributed by atoms with van der Waals surface area (Å²) in [5.41, 5.74) is 1.71. The van der Waals surface area contributed by atoms with Crippen molar-refractivity contribution >= 4 is 0 Å². The minimum atomic E-state index is -0.654. The van der Waals surface area contributed by atoms with Crippen LogP contribution in [0.2, 0.25) is 0 Å². The number of oxazole rings is 1. The highest BCUT2D eigenvalue weighted by Gasteiger charge is 2.10. The maximum absolute atomic E-state index is 10.8. The molecule has 0 aliphatic carbocycles. The lowest BCUT2D eigenvalue weighted by atomic mass is 10.1. The molecular formula is C10H9NO3. The number of aromatic nitrogens is 1. The number of hydrogen-bond donors (Lipinski definition) is 2. The summed E-state index contributed by atoms with van der Waals surface area (Å²) in [7, 11) is 0. The standard InChI is InChI=1S/C10H9NO3/c1-6-3-2-4-7(5-6)8-9(12)11-10(13)14-8/h2-5,12H,1H3,(H,11,13). The van der Waals surface area contributed by atoms with Crippen molar-refractivity contribution < 1.29 is 9.52 Å². The van der Waals surface area contributed by atoms with Crippen LogP contribution in [-0.4, -0.2) is 10.1 Å². The molecule has 0 radical (unpaired) electrons. The van der Waals surface area contributed by atoms with E-state index in [9.17, 15) is 9.90 Å². The van der Waals surface area contributed by atoms with E-state index in [2.05, 4.69) is 4.98 Å². The van der Waals surface area contributed by atoms with Crippen LogP contribution in [0.15, 0.2) is 33.5 Å². The molecule has 0 fully saturated rings. The minimum absolute atomic E-state index is 0.179. The molecule has 0 aliphatic heterocycles. The van der Waals surface area contributed by atoms with Crippen LogP contribution in [0, 0.1) is 6.92 Å². The summed E-state index contributed by atoms with van der Waals surface area (Å²) < 4.78 is 4.79. The van der Waals surface area contributed by atoms with Gasteiger partial charge in [0.15, 0.2) is 5.76 Å². The maximum Gasteiger partial charge on any atom is 0.419 e. The van der Waals surface area contributed by atoms with Gasteiger partial charge in [-0.3, -0.25) is 4.98 Å². The molecule has 0 saturated carbocycles. The Bertz CT molecular complexity index is 510. The van der Waals surface area contributed by atoms with Crippen molar-refractivity contribution in [3.05, 3.63) is 40.4 Å². The minimum Gasteiger partial charge on any atom is -0.492 e. The van der Waals surface area contributed by atoms with Crippen molar-refractivity contribution in [1.29, 1.82) is 0 Å². The van der Waals surface area contributed by atoms with Crippen LogP contribution in [0.4, 0.5) is 0 Å². The normalized spacial score (nSPS) is 10.4. The fourth-order valence-electron chi connectivity index (χ4n) is 1.30. The van der Waals surface area contributed by atoms with E-state index in [1.165, 1.54) is 0 Å². The zero-order valence-corrected chi connectivity index (χ0v) is 7.57. The number of hydrogen-bond acceptors (Lipinski definition) is 3. The molecule has 4 nitrogen and oxygen atoms in total. The Labute approximate surface area is 79.8 Å². The molecule has 0 saturated heterocycles. The van der Waals surface area contributed by atoms with Crippen LogP contribution in [0.5, 0.6) is 5.88 Å². The highest BCUT2D eigenvalue weighted by atomic mass is 16.4. The molecule has 1 aromatic carbocycles. The first-order chi connectivity index (χ1) is 6.66. The van der Waals surface area contributed by atoms with Gasteiger partial charge in [-0.2, -0.15) is 0 Å². The van der Waals surface area contributed by atoms with Crippen LogP contribution in [0.25, 0.3) is 11.3 Å². The van der Waals surface area contributed by atoms with Gasteiger partial charge in [-0.05, 0) is 13.0 Å². The first-order valence-electron chi connectivity index (χ1n) is 4.16. The molecule has 1 aromatic heterocycles. The van der Waals surface area contributed by atoms with Crippen molar-refractivity contribution in [2.75, 3.05) is 0 Å². The summed E-state index contributed by atoms with van der Waals surface area (Å²) in [6.45, 7) is 1.92. The summed E-state index contributed by atoms with van der Waals surface area (Å²) in [5.74, 6) is -0.710. The van der Waals surface area contributed by atoms with Crippen LogP contribution < -0.4 is 5.76 Å². The van der Waals surface area contributed by atoms with E-state index >= 15 is 0 Å². The first kappa shape index (κ1) is 8.62. The van der Waals surface area contributed by atoms with Crippen molar-refractivity contribution in [3.63, 3.8) is 0 Å². The van der Waals surface area contributed by atoms with Gasteiger partial charge in [0.25, 0.3) is 0 Å². The van der Waals surface area contributed by atoms with E-state index in [1.54, 1.807) is 6.07 Å². The Kier molecular flexibility index (Phi) is 1.89. The lowest BCUT2D eigenvalue weighted by Crippen LogP contribution is -1.92. The lowest BCUT2D eigenvalue weighted by molar-refractivity contribution is 0.452. The smallest absolute Gasteiger partial charge is 0.419 e. The molecule has 1 heterocycles. The number of nitrogens with one attached hydrogen (secondary N) is 1. The van der Waals surface area contributed by atoms with E-state index in [-0.39, 0.29) is 11.6 Å². The number of aryl methyl sites for hydroxylation is 1. The van der Waals surface area contributed by atoms with Crippen LogP contribution in [0.3, 0.4) is 0 Å². The molecule has 2 aromatic rings. The third kappa shape index (κ3) is 1.42. The topological polar surface area (TPSA) is 66.2 Å². The number of benzene rings is 1. The zero-order chi connectivity index (χ0) is 10.1. The Balaban J connectivity index is 2.59. The fourth-order valence-corrected chi connectivity index (χ4v) is 1.30. The molecule has 0 aliphatic rings. The van der Waals surface area contributed by atoms with Gasteiger partial charge in [0.05, 0.1) is 0 Å². The van der Waals surface area contributed by atoms with Gasteiger partial charge in [-0.1, -0.05) is 23.8 Å². The molecular weight excluding hydrogens is 182 g/mol. The molecule has 0 atom stereocenters. The molecule has 0 amide bonds. The number of H-pyrrole nitrogens is 1. The maximum atomic E-state index is 10.8. The quantitative estimate of drug-likeness (QED) is 0.720. The average molecular weight is 191 g/mol. The predicted molar refractivity (Wildman–Crippen MR) is 51.2 cm³/mol. The van der Waals surface area contributed by atoms with Crippen molar-refractivity contribution in [1.82, 2.24) is 4.98 Å². The van der Waals surface area contributed by atoms with Gasteiger partial charge < -0.3 is 9.52 Å². The van der Waals surface area contributed by atoms with Gasteiger partial charge >= 0.3 is 5.76 Å². The largest absolute Gasteiger partial charge is 0.492 e. The molecule has 2 N–H and O–H groups in total. The van der Waals surface area contributed by atoms with Gasteiger partial charge in [0.2, 0.25) is 5.88 Å². The van der Waals surface area contributed by atoms with Gasteiger partial charge in [-0.25, -0.2) is 4.79 Å². The Morgan fingerprint density at radius 1 is 1.43 bits per heavy atom. The fraction of sp³-hybridized carbons (Fsp3) is 0.100. The lowest BCUT2D eigenvalue weighted by Gasteiger charge is -1.97. The average Bonchev–Trinajstić information content (AvgIpc) is 2.45. The number of aromatic hydroxyl groups is 1. The van der Waals surface area contributed by atoms with Gasteiger partial charge in [-0.15, -0.1) is 0 Å². The Hall–Kier alpha value is -1.97. The second kappa shape index (κ2) is 3.06. The van der Waals surface area contributed by atoms with Crippen molar-refractivity contribution in [3.8, 4) is 17.2 Å². The van der Waals surface area contributed by atoms with Crippen molar-refractivity contribution in [2.45, 2.75) is 6.92 Å². The second-order valence-corrected chi connectivity index (χ2v) is 3.06. The van der Waals surface area contributed by atoms with E-state index in [0.29, 0.717) is 5.56 Å². The zero-order valence-electron chi connectivity index (χ0n) is 7.57. The SMILES string of the molecule is Cc1cccc(-c2oc(=O)[nH]c2O)c1. The third-order valence-corrected chi connectivity index (χ3v) is 1.91. The monoisotopic (exact) mass is 191 g/mol.